The van der Waals surface area contributed by atoms with Crippen LogP contribution in [0.2, 0.25) is 0 Å². The van der Waals surface area contributed by atoms with E-state index in [0.29, 0.717) is 6.54 Å². The molecule has 126 valence electrons. The van der Waals surface area contributed by atoms with Crippen molar-refractivity contribution in [3.05, 3.63) is 52.0 Å². The maximum atomic E-state index is 11.9. The van der Waals surface area contributed by atoms with Gasteiger partial charge in [0, 0.05) is 36.8 Å². The lowest BCUT2D eigenvalue weighted by molar-refractivity contribution is -0.116. The van der Waals surface area contributed by atoms with E-state index < -0.39 is 0 Å². The monoisotopic (exact) mass is 341 g/mol. The number of rotatable bonds is 5. The van der Waals surface area contributed by atoms with Crippen molar-refractivity contribution in [2.45, 2.75) is 32.7 Å². The molecule has 1 aliphatic heterocycles. The molecule has 1 fully saturated rings. The summed E-state index contributed by atoms with van der Waals surface area (Å²) >= 11 is 1.58. The number of benzene rings is 1. The van der Waals surface area contributed by atoms with Gasteiger partial charge in [0.05, 0.1) is 10.7 Å². The van der Waals surface area contributed by atoms with Crippen LogP contribution in [0.5, 0.6) is 0 Å². The zero-order valence-corrected chi connectivity index (χ0v) is 14.8. The van der Waals surface area contributed by atoms with Crippen molar-refractivity contribution in [2.24, 2.45) is 0 Å². The normalized spacial score (nSPS) is 15.0. The number of piperidine rings is 1. The van der Waals surface area contributed by atoms with Gasteiger partial charge in [-0.1, -0.05) is 12.1 Å². The summed E-state index contributed by atoms with van der Waals surface area (Å²) in [5.74, 6) is -0.0965. The topological polar surface area (TPSA) is 45.2 Å². The van der Waals surface area contributed by atoms with E-state index in [0.717, 1.165) is 29.4 Å². The van der Waals surface area contributed by atoms with Crippen molar-refractivity contribution in [1.82, 2.24) is 10.3 Å². The van der Waals surface area contributed by atoms with Gasteiger partial charge in [0.25, 0.3) is 0 Å². The lowest BCUT2D eigenvalue weighted by Crippen LogP contribution is -2.29. The van der Waals surface area contributed by atoms with Gasteiger partial charge >= 0.3 is 0 Å². The molecule has 0 atom stereocenters. The molecule has 0 unspecified atom stereocenters. The zero-order chi connectivity index (χ0) is 16.8. The number of nitrogens with one attached hydrogen (secondary N) is 1. The van der Waals surface area contributed by atoms with Crippen molar-refractivity contribution in [2.75, 3.05) is 18.0 Å². The summed E-state index contributed by atoms with van der Waals surface area (Å²) in [7, 11) is 0. The van der Waals surface area contributed by atoms with E-state index >= 15 is 0 Å². The molecule has 4 nitrogen and oxygen atoms in total. The third-order valence-corrected chi connectivity index (χ3v) is 4.96. The minimum absolute atomic E-state index is 0.0965. The van der Waals surface area contributed by atoms with Crippen LogP contribution in [0.1, 0.15) is 35.5 Å². The van der Waals surface area contributed by atoms with Crippen LogP contribution < -0.4 is 10.2 Å². The summed E-state index contributed by atoms with van der Waals surface area (Å²) < 4.78 is 0. The number of aromatic nitrogens is 1. The van der Waals surface area contributed by atoms with E-state index in [-0.39, 0.29) is 5.91 Å². The smallest absolute Gasteiger partial charge is 0.244 e. The second kappa shape index (κ2) is 8.11. The number of nitrogens with zero attached hydrogens (tertiary/aromatic N) is 2. The first-order valence-electron chi connectivity index (χ1n) is 8.43. The number of amides is 1. The quantitative estimate of drug-likeness (QED) is 0.842. The Balaban J connectivity index is 1.49. The molecular weight excluding hydrogens is 318 g/mol. The van der Waals surface area contributed by atoms with Crippen LogP contribution in [0.25, 0.3) is 6.08 Å². The summed E-state index contributed by atoms with van der Waals surface area (Å²) in [6, 6.07) is 8.50. The molecule has 1 aromatic carbocycles. The fraction of sp³-hybridized carbons (Fsp3) is 0.368. The predicted octanol–water partition coefficient (Wildman–Crippen LogP) is 3.77. The maximum Gasteiger partial charge on any atom is 0.244 e. The largest absolute Gasteiger partial charge is 0.372 e. The highest BCUT2D eigenvalue weighted by Crippen LogP contribution is 2.20. The van der Waals surface area contributed by atoms with Crippen LogP contribution in [0.4, 0.5) is 5.69 Å². The SMILES string of the molecule is Cc1nc(C=CC(=O)NCc2ccc(N3CCCCC3)cc2)cs1. The van der Waals surface area contributed by atoms with Gasteiger partial charge in [-0.05, 0) is 50.0 Å². The highest BCUT2D eigenvalue weighted by atomic mass is 32.1. The first-order chi connectivity index (χ1) is 11.7. The average molecular weight is 341 g/mol. The van der Waals surface area contributed by atoms with Crippen molar-refractivity contribution < 1.29 is 4.79 Å². The van der Waals surface area contributed by atoms with Crippen LogP contribution in [-0.4, -0.2) is 24.0 Å². The summed E-state index contributed by atoms with van der Waals surface area (Å²) in [5.41, 5.74) is 3.23. The molecule has 1 aliphatic rings. The molecule has 24 heavy (non-hydrogen) atoms. The van der Waals surface area contributed by atoms with Gasteiger partial charge in [0.1, 0.15) is 0 Å². The lowest BCUT2D eigenvalue weighted by atomic mass is 10.1. The first kappa shape index (κ1) is 16.7. The molecule has 0 aliphatic carbocycles. The number of hydrogen-bond acceptors (Lipinski definition) is 4. The minimum Gasteiger partial charge on any atom is -0.372 e. The van der Waals surface area contributed by atoms with Gasteiger partial charge in [-0.15, -0.1) is 11.3 Å². The Hall–Kier alpha value is -2.14. The number of carbonyl (C=O) groups is 1. The summed E-state index contributed by atoms with van der Waals surface area (Å²) in [4.78, 5) is 18.6. The Morgan fingerprint density at radius 2 is 2.00 bits per heavy atom. The number of anilines is 1. The van der Waals surface area contributed by atoms with E-state index in [1.807, 2.05) is 12.3 Å². The van der Waals surface area contributed by atoms with Crippen LogP contribution in [0.15, 0.2) is 35.7 Å². The molecule has 2 heterocycles. The van der Waals surface area contributed by atoms with E-state index in [9.17, 15) is 4.79 Å². The zero-order valence-electron chi connectivity index (χ0n) is 14.0. The Kier molecular flexibility index (Phi) is 5.64. The van der Waals surface area contributed by atoms with E-state index in [2.05, 4.69) is 39.5 Å². The third kappa shape index (κ3) is 4.68. The third-order valence-electron chi connectivity index (χ3n) is 4.17. The van der Waals surface area contributed by atoms with E-state index in [1.54, 1.807) is 17.4 Å². The highest BCUT2D eigenvalue weighted by Gasteiger charge is 2.10. The Bertz CT molecular complexity index is 700. The van der Waals surface area contributed by atoms with E-state index in [4.69, 9.17) is 0 Å². The number of aryl methyl sites for hydroxylation is 1. The minimum atomic E-state index is -0.0965. The van der Waals surface area contributed by atoms with Crippen LogP contribution in [0.3, 0.4) is 0 Å². The van der Waals surface area contributed by atoms with Crippen molar-refractivity contribution in [1.29, 1.82) is 0 Å². The van der Waals surface area contributed by atoms with Crippen molar-refractivity contribution >= 4 is 29.0 Å². The second-order valence-electron chi connectivity index (χ2n) is 6.06. The molecule has 3 rings (SSSR count). The molecule has 5 heteroatoms. The van der Waals surface area contributed by atoms with E-state index in [1.165, 1.54) is 31.0 Å². The Morgan fingerprint density at radius 3 is 2.67 bits per heavy atom. The second-order valence-corrected chi connectivity index (χ2v) is 7.12. The molecule has 1 saturated heterocycles. The predicted molar refractivity (Wildman–Crippen MR) is 100 cm³/mol. The molecule has 0 radical (unpaired) electrons. The fourth-order valence-corrected chi connectivity index (χ4v) is 3.42. The van der Waals surface area contributed by atoms with Gasteiger partial charge in [0.2, 0.25) is 5.91 Å². The molecule has 1 aromatic heterocycles. The van der Waals surface area contributed by atoms with Crippen LogP contribution in [-0.2, 0) is 11.3 Å². The van der Waals surface area contributed by atoms with Gasteiger partial charge < -0.3 is 10.2 Å². The van der Waals surface area contributed by atoms with Gasteiger partial charge in [0.15, 0.2) is 0 Å². The molecule has 0 saturated carbocycles. The molecule has 0 bridgehead atoms. The first-order valence-corrected chi connectivity index (χ1v) is 9.30. The molecule has 0 spiro atoms. The van der Waals surface area contributed by atoms with Gasteiger partial charge in [-0.3, -0.25) is 4.79 Å². The Morgan fingerprint density at radius 1 is 1.25 bits per heavy atom. The van der Waals surface area contributed by atoms with Crippen molar-refractivity contribution in [3.8, 4) is 0 Å². The molecular formula is C19H23N3OS. The summed E-state index contributed by atoms with van der Waals surface area (Å²) in [5, 5.41) is 5.86. The van der Waals surface area contributed by atoms with Crippen molar-refractivity contribution in [3.63, 3.8) is 0 Å². The maximum absolute atomic E-state index is 11.9. The number of carbonyl (C=O) groups excluding carboxylic acids is 1. The summed E-state index contributed by atoms with van der Waals surface area (Å²) in [6.45, 7) is 4.79. The molecule has 1 amide bonds. The summed E-state index contributed by atoms with van der Waals surface area (Å²) in [6.07, 6.45) is 7.19. The standard InChI is InChI=1S/C19H23N3OS/c1-15-21-17(14-24-15)7-10-19(23)20-13-16-5-8-18(9-6-16)22-11-3-2-4-12-22/h5-10,14H,2-4,11-13H2,1H3,(H,20,23). The lowest BCUT2D eigenvalue weighted by Gasteiger charge is -2.28. The number of hydrogen-bond donors (Lipinski definition) is 1. The van der Waals surface area contributed by atoms with Crippen LogP contribution >= 0.6 is 11.3 Å². The average Bonchev–Trinajstić information content (AvgIpc) is 3.05. The molecule has 1 N–H and O–H groups in total. The Labute approximate surface area is 147 Å². The van der Waals surface area contributed by atoms with Gasteiger partial charge in [-0.25, -0.2) is 4.98 Å². The highest BCUT2D eigenvalue weighted by molar-refractivity contribution is 7.09. The van der Waals surface area contributed by atoms with Gasteiger partial charge in [-0.2, -0.15) is 0 Å². The number of thiazole rings is 1. The van der Waals surface area contributed by atoms with Crippen LogP contribution in [0, 0.1) is 6.92 Å². The fourth-order valence-electron chi connectivity index (χ4n) is 2.84. The molecule has 2 aromatic rings.